The first-order valence-corrected chi connectivity index (χ1v) is 7.33. The van der Waals surface area contributed by atoms with Crippen molar-refractivity contribution < 1.29 is 23.1 Å². The number of hydrogen-bond donors (Lipinski definition) is 3. The Morgan fingerprint density at radius 1 is 1.63 bits per heavy atom. The molecule has 0 saturated carbocycles. The molecule has 0 radical (unpaired) electrons. The highest BCUT2D eigenvalue weighted by atomic mass is 32.2. The van der Waals surface area contributed by atoms with Crippen molar-refractivity contribution in [3.8, 4) is 0 Å². The number of carbonyl (C=O) groups is 1. The van der Waals surface area contributed by atoms with Gasteiger partial charge in [0.15, 0.2) is 5.03 Å². The Kier molecular flexibility index (Phi) is 4.17. The van der Waals surface area contributed by atoms with Gasteiger partial charge in [-0.25, -0.2) is 17.9 Å². The molecule has 8 nitrogen and oxygen atoms in total. The van der Waals surface area contributed by atoms with Crippen molar-refractivity contribution >= 4 is 16.0 Å². The molecule has 1 aliphatic rings. The second kappa shape index (κ2) is 5.68. The molecule has 19 heavy (non-hydrogen) atoms. The molecule has 106 valence electrons. The van der Waals surface area contributed by atoms with Crippen LogP contribution < -0.4 is 4.72 Å². The maximum absolute atomic E-state index is 11.9. The molecule has 9 heteroatoms. The molecule has 1 aromatic heterocycles. The molecule has 1 atom stereocenters. The Balaban J connectivity index is 1.97. The maximum Gasteiger partial charge on any atom is 0.340 e. The summed E-state index contributed by atoms with van der Waals surface area (Å²) in [6, 6.07) is 0. The molecule has 1 fully saturated rings. The molecule has 3 N–H and O–H groups in total. The van der Waals surface area contributed by atoms with Crippen molar-refractivity contribution in [3.63, 3.8) is 0 Å². The van der Waals surface area contributed by atoms with Crippen LogP contribution in [0.15, 0.2) is 11.2 Å². The van der Waals surface area contributed by atoms with Crippen LogP contribution in [0.25, 0.3) is 0 Å². The Morgan fingerprint density at radius 2 is 2.42 bits per heavy atom. The summed E-state index contributed by atoms with van der Waals surface area (Å²) in [5, 5.41) is 14.1. The average molecular weight is 289 g/mol. The molecule has 0 aromatic carbocycles. The van der Waals surface area contributed by atoms with Gasteiger partial charge in [-0.05, 0) is 18.8 Å². The monoisotopic (exact) mass is 289 g/mol. The van der Waals surface area contributed by atoms with E-state index in [1.165, 1.54) is 0 Å². The van der Waals surface area contributed by atoms with Crippen LogP contribution in [0.2, 0.25) is 0 Å². The largest absolute Gasteiger partial charge is 0.478 e. The fraction of sp³-hybridized carbons (Fsp3) is 0.600. The van der Waals surface area contributed by atoms with Gasteiger partial charge in [0.1, 0.15) is 5.56 Å². The molecule has 1 saturated heterocycles. The molecule has 1 unspecified atom stereocenters. The fourth-order valence-corrected chi connectivity index (χ4v) is 3.05. The fourth-order valence-electron chi connectivity index (χ4n) is 1.91. The number of carboxylic acids is 1. The van der Waals surface area contributed by atoms with E-state index in [2.05, 4.69) is 14.9 Å². The van der Waals surface area contributed by atoms with Gasteiger partial charge in [0.25, 0.3) is 10.0 Å². The van der Waals surface area contributed by atoms with Gasteiger partial charge in [0.2, 0.25) is 0 Å². The summed E-state index contributed by atoms with van der Waals surface area (Å²) < 4.78 is 31.4. The summed E-state index contributed by atoms with van der Waals surface area (Å²) in [6.07, 6.45) is 2.56. The van der Waals surface area contributed by atoms with E-state index in [1.807, 2.05) is 0 Å². The highest BCUT2D eigenvalue weighted by Gasteiger charge is 2.25. The Hall–Kier alpha value is -1.45. The van der Waals surface area contributed by atoms with Crippen molar-refractivity contribution in [3.05, 3.63) is 11.8 Å². The zero-order chi connectivity index (χ0) is 13.9. The Bertz CT molecular complexity index is 547. The number of H-pyrrole nitrogens is 1. The van der Waals surface area contributed by atoms with Crippen molar-refractivity contribution in [2.45, 2.75) is 17.9 Å². The molecular weight excluding hydrogens is 274 g/mol. The van der Waals surface area contributed by atoms with Crippen LogP contribution in [0, 0.1) is 5.92 Å². The number of aromatic amines is 1. The van der Waals surface area contributed by atoms with Crippen LogP contribution in [0.5, 0.6) is 0 Å². The van der Waals surface area contributed by atoms with E-state index in [-0.39, 0.29) is 12.1 Å². The molecule has 0 aliphatic carbocycles. The lowest BCUT2D eigenvalue weighted by Gasteiger charge is -2.08. The quantitative estimate of drug-likeness (QED) is 0.667. The van der Waals surface area contributed by atoms with E-state index in [4.69, 9.17) is 9.84 Å². The minimum Gasteiger partial charge on any atom is -0.478 e. The molecule has 2 heterocycles. The third-order valence-corrected chi connectivity index (χ3v) is 4.40. The predicted molar refractivity (Wildman–Crippen MR) is 64.3 cm³/mol. The zero-order valence-corrected chi connectivity index (χ0v) is 10.9. The molecular formula is C10H15N3O5S. The highest BCUT2D eigenvalue weighted by molar-refractivity contribution is 7.89. The van der Waals surface area contributed by atoms with E-state index in [9.17, 15) is 13.2 Å². The Labute approximate surface area is 110 Å². The molecule has 0 bridgehead atoms. The second-order valence-electron chi connectivity index (χ2n) is 4.33. The summed E-state index contributed by atoms with van der Waals surface area (Å²) in [4.78, 5) is 10.8. The molecule has 1 aromatic rings. The van der Waals surface area contributed by atoms with E-state index in [0.29, 0.717) is 25.6 Å². The minimum atomic E-state index is -3.87. The smallest absolute Gasteiger partial charge is 0.340 e. The van der Waals surface area contributed by atoms with Crippen molar-refractivity contribution in [1.29, 1.82) is 0 Å². The van der Waals surface area contributed by atoms with Gasteiger partial charge < -0.3 is 9.84 Å². The number of nitrogens with zero attached hydrogens (tertiary/aromatic N) is 1. The summed E-state index contributed by atoms with van der Waals surface area (Å²) in [5.74, 6) is -0.985. The van der Waals surface area contributed by atoms with Gasteiger partial charge >= 0.3 is 5.97 Å². The highest BCUT2D eigenvalue weighted by Crippen LogP contribution is 2.16. The minimum absolute atomic E-state index is 0.244. The lowest BCUT2D eigenvalue weighted by atomic mass is 10.1. The van der Waals surface area contributed by atoms with Crippen LogP contribution in [0.3, 0.4) is 0 Å². The summed E-state index contributed by atoms with van der Waals surface area (Å²) >= 11 is 0. The van der Waals surface area contributed by atoms with Crippen molar-refractivity contribution in [2.24, 2.45) is 5.92 Å². The van der Waals surface area contributed by atoms with Crippen LogP contribution in [-0.4, -0.2) is 49.4 Å². The van der Waals surface area contributed by atoms with Crippen molar-refractivity contribution in [1.82, 2.24) is 14.9 Å². The zero-order valence-electron chi connectivity index (χ0n) is 10.1. The molecule has 0 spiro atoms. The molecule has 1 aliphatic heterocycles. The van der Waals surface area contributed by atoms with Gasteiger partial charge in [-0.3, -0.25) is 5.10 Å². The van der Waals surface area contributed by atoms with Gasteiger partial charge in [-0.1, -0.05) is 0 Å². The summed E-state index contributed by atoms with van der Waals surface area (Å²) in [5.41, 5.74) is -0.364. The van der Waals surface area contributed by atoms with Crippen LogP contribution >= 0.6 is 0 Å². The van der Waals surface area contributed by atoms with Crippen molar-refractivity contribution in [2.75, 3.05) is 19.8 Å². The maximum atomic E-state index is 11.9. The van der Waals surface area contributed by atoms with Crippen LogP contribution in [0.1, 0.15) is 23.2 Å². The number of rotatable bonds is 6. The standard InChI is InChI=1S/C10H15N3O5S/c14-10(15)8-5-11-13-9(8)19(16,17)12-3-1-7-2-4-18-6-7/h5,7,12H,1-4,6H2,(H,11,13)(H,14,15). The topological polar surface area (TPSA) is 121 Å². The van der Waals surface area contributed by atoms with E-state index in [0.717, 1.165) is 12.6 Å². The first-order chi connectivity index (χ1) is 9.00. The number of aromatic nitrogens is 2. The lowest BCUT2D eigenvalue weighted by molar-refractivity contribution is 0.0692. The van der Waals surface area contributed by atoms with Gasteiger partial charge in [0.05, 0.1) is 6.20 Å². The van der Waals surface area contributed by atoms with E-state index in [1.54, 1.807) is 0 Å². The number of carboxylic acid groups (broad SMARTS) is 1. The first kappa shape index (κ1) is 14.0. The average Bonchev–Trinajstić information content (AvgIpc) is 2.99. The molecule has 2 rings (SSSR count). The number of aromatic carboxylic acids is 1. The van der Waals surface area contributed by atoms with E-state index >= 15 is 0 Å². The third kappa shape index (κ3) is 3.31. The number of sulfonamides is 1. The third-order valence-electron chi connectivity index (χ3n) is 2.97. The molecule has 0 amide bonds. The van der Waals surface area contributed by atoms with Gasteiger partial charge in [0, 0.05) is 19.8 Å². The second-order valence-corrected chi connectivity index (χ2v) is 6.04. The SMILES string of the molecule is O=C(O)c1cn[nH]c1S(=O)(=O)NCCC1CCOC1. The van der Waals surface area contributed by atoms with Crippen LogP contribution in [-0.2, 0) is 14.8 Å². The number of nitrogens with one attached hydrogen (secondary N) is 2. The normalized spacial score (nSPS) is 19.7. The Morgan fingerprint density at radius 3 is 3.05 bits per heavy atom. The number of hydrogen-bond acceptors (Lipinski definition) is 5. The van der Waals surface area contributed by atoms with Gasteiger partial charge in [-0.2, -0.15) is 5.10 Å². The number of ether oxygens (including phenoxy) is 1. The first-order valence-electron chi connectivity index (χ1n) is 5.85. The lowest BCUT2D eigenvalue weighted by Crippen LogP contribution is -2.28. The van der Waals surface area contributed by atoms with Gasteiger partial charge in [-0.15, -0.1) is 0 Å². The predicted octanol–water partition coefficient (Wildman–Crippen LogP) is -0.187. The van der Waals surface area contributed by atoms with Crippen LogP contribution in [0.4, 0.5) is 0 Å². The van der Waals surface area contributed by atoms with E-state index < -0.39 is 21.0 Å². The summed E-state index contributed by atoms with van der Waals surface area (Å²) in [7, 11) is -3.87. The summed E-state index contributed by atoms with van der Waals surface area (Å²) in [6.45, 7) is 1.60.